The number of nitrogens with zero attached hydrogens (tertiary/aromatic N) is 4. The van der Waals surface area contributed by atoms with Gasteiger partial charge in [-0.2, -0.15) is 4.68 Å². The minimum absolute atomic E-state index is 0.0922. The van der Waals surface area contributed by atoms with Gasteiger partial charge in [0, 0.05) is 11.5 Å². The first kappa shape index (κ1) is 13.2. The van der Waals surface area contributed by atoms with Crippen LogP contribution in [0.3, 0.4) is 0 Å². The summed E-state index contributed by atoms with van der Waals surface area (Å²) in [7, 11) is 0. The highest BCUT2D eigenvalue weighted by atomic mass is 16.3. The maximum atomic E-state index is 9.75. The van der Waals surface area contributed by atoms with Crippen LogP contribution in [-0.2, 0) is 6.54 Å². The molecule has 0 bridgehead atoms. The van der Waals surface area contributed by atoms with E-state index in [-0.39, 0.29) is 11.5 Å². The lowest BCUT2D eigenvalue weighted by molar-refractivity contribution is -0.0732. The molecule has 3 rings (SSSR count). The Labute approximate surface area is 117 Å². The molecule has 106 valence electrons. The van der Waals surface area contributed by atoms with Crippen molar-refractivity contribution in [1.82, 2.24) is 25.5 Å². The standard InChI is InChI=1S/C14H19N5O/c1-14(2)11(8-12(14)20)15-9-13-16-17-18-19(13)10-6-4-3-5-7-10/h3-7,11-12,15,20H,8-9H2,1-2H3. The smallest absolute Gasteiger partial charge is 0.170 e. The zero-order valence-electron chi connectivity index (χ0n) is 11.7. The molecule has 2 unspecified atom stereocenters. The Morgan fingerprint density at radius 2 is 2.10 bits per heavy atom. The van der Waals surface area contributed by atoms with E-state index in [0.717, 1.165) is 17.9 Å². The molecule has 1 heterocycles. The van der Waals surface area contributed by atoms with Crippen molar-refractivity contribution in [1.29, 1.82) is 0 Å². The number of aliphatic hydroxyl groups is 1. The second kappa shape index (κ2) is 4.96. The van der Waals surface area contributed by atoms with E-state index in [0.29, 0.717) is 12.6 Å². The lowest BCUT2D eigenvalue weighted by Crippen LogP contribution is -2.59. The van der Waals surface area contributed by atoms with E-state index in [1.807, 2.05) is 30.3 Å². The van der Waals surface area contributed by atoms with Gasteiger partial charge in [-0.05, 0) is 29.0 Å². The summed E-state index contributed by atoms with van der Waals surface area (Å²) in [6, 6.07) is 10.1. The first-order valence-electron chi connectivity index (χ1n) is 6.83. The summed E-state index contributed by atoms with van der Waals surface area (Å²) >= 11 is 0. The molecule has 1 aromatic heterocycles. The van der Waals surface area contributed by atoms with Gasteiger partial charge in [0.1, 0.15) is 0 Å². The Kier molecular flexibility index (Phi) is 3.27. The van der Waals surface area contributed by atoms with Crippen molar-refractivity contribution >= 4 is 0 Å². The molecule has 1 fully saturated rings. The molecular formula is C14H19N5O. The SMILES string of the molecule is CC1(C)C(O)CC1NCc1nnnn1-c1ccccc1. The lowest BCUT2D eigenvalue weighted by atomic mass is 9.64. The number of hydrogen-bond acceptors (Lipinski definition) is 5. The molecule has 1 aliphatic carbocycles. The number of aromatic nitrogens is 4. The maximum absolute atomic E-state index is 9.75. The van der Waals surface area contributed by atoms with Crippen molar-refractivity contribution in [2.24, 2.45) is 5.41 Å². The summed E-state index contributed by atoms with van der Waals surface area (Å²) in [5.74, 6) is 0.772. The number of hydrogen-bond donors (Lipinski definition) is 2. The zero-order valence-corrected chi connectivity index (χ0v) is 11.7. The van der Waals surface area contributed by atoms with E-state index in [1.54, 1.807) is 4.68 Å². The van der Waals surface area contributed by atoms with Gasteiger partial charge < -0.3 is 10.4 Å². The van der Waals surface area contributed by atoms with Gasteiger partial charge in [0.15, 0.2) is 5.82 Å². The van der Waals surface area contributed by atoms with E-state index < -0.39 is 0 Å². The minimum Gasteiger partial charge on any atom is -0.392 e. The number of aliphatic hydroxyl groups excluding tert-OH is 1. The minimum atomic E-state index is -0.231. The van der Waals surface area contributed by atoms with Gasteiger partial charge in [-0.1, -0.05) is 32.0 Å². The highest BCUT2D eigenvalue weighted by Crippen LogP contribution is 2.40. The number of nitrogens with one attached hydrogen (secondary N) is 1. The fourth-order valence-electron chi connectivity index (χ4n) is 2.55. The average molecular weight is 273 g/mol. The second-order valence-electron chi connectivity index (χ2n) is 5.85. The second-order valence-corrected chi connectivity index (χ2v) is 5.85. The van der Waals surface area contributed by atoms with Crippen LogP contribution >= 0.6 is 0 Å². The fourth-order valence-corrected chi connectivity index (χ4v) is 2.55. The van der Waals surface area contributed by atoms with E-state index >= 15 is 0 Å². The fraction of sp³-hybridized carbons (Fsp3) is 0.500. The summed E-state index contributed by atoms with van der Waals surface area (Å²) in [5, 5.41) is 25.0. The van der Waals surface area contributed by atoms with Crippen molar-refractivity contribution in [2.45, 2.75) is 39.0 Å². The third-order valence-corrected chi connectivity index (χ3v) is 4.26. The van der Waals surface area contributed by atoms with Gasteiger partial charge in [-0.3, -0.25) is 0 Å². The third-order valence-electron chi connectivity index (χ3n) is 4.26. The largest absolute Gasteiger partial charge is 0.392 e. The van der Waals surface area contributed by atoms with Gasteiger partial charge in [0.05, 0.1) is 18.3 Å². The van der Waals surface area contributed by atoms with Crippen molar-refractivity contribution < 1.29 is 5.11 Å². The van der Waals surface area contributed by atoms with Crippen LogP contribution in [0.1, 0.15) is 26.1 Å². The summed E-state index contributed by atoms with van der Waals surface area (Å²) < 4.78 is 1.73. The number of tetrazole rings is 1. The van der Waals surface area contributed by atoms with Crippen LogP contribution in [0.4, 0.5) is 0 Å². The predicted octanol–water partition coefficient (Wildman–Crippen LogP) is 0.911. The Morgan fingerprint density at radius 1 is 1.35 bits per heavy atom. The maximum Gasteiger partial charge on any atom is 0.170 e. The normalized spacial score (nSPS) is 24.4. The van der Waals surface area contributed by atoms with Crippen LogP contribution in [0.2, 0.25) is 0 Å². The average Bonchev–Trinajstić information content (AvgIpc) is 2.92. The lowest BCUT2D eigenvalue weighted by Gasteiger charge is -2.49. The molecule has 0 amide bonds. The van der Waals surface area contributed by atoms with Gasteiger partial charge >= 0.3 is 0 Å². The van der Waals surface area contributed by atoms with Gasteiger partial charge in [-0.15, -0.1) is 5.10 Å². The Bertz CT molecular complexity index is 580. The molecule has 1 aromatic carbocycles. The molecule has 1 saturated carbocycles. The first-order valence-corrected chi connectivity index (χ1v) is 6.83. The van der Waals surface area contributed by atoms with Crippen molar-refractivity contribution in [3.8, 4) is 5.69 Å². The summed E-state index contributed by atoms with van der Waals surface area (Å²) in [6.45, 7) is 4.72. The van der Waals surface area contributed by atoms with Crippen LogP contribution in [-0.4, -0.2) is 37.5 Å². The van der Waals surface area contributed by atoms with E-state index in [9.17, 15) is 5.11 Å². The monoisotopic (exact) mass is 273 g/mol. The molecule has 6 heteroatoms. The molecule has 1 aliphatic rings. The third kappa shape index (κ3) is 2.21. The summed E-state index contributed by atoms with van der Waals surface area (Å²) in [4.78, 5) is 0. The molecule has 0 saturated heterocycles. The zero-order chi connectivity index (χ0) is 14.2. The molecule has 0 radical (unpaired) electrons. The van der Waals surface area contributed by atoms with Crippen LogP contribution in [0.15, 0.2) is 30.3 Å². The van der Waals surface area contributed by atoms with Crippen molar-refractivity contribution in [2.75, 3.05) is 0 Å². The van der Waals surface area contributed by atoms with Crippen LogP contribution in [0, 0.1) is 5.41 Å². The quantitative estimate of drug-likeness (QED) is 0.866. The van der Waals surface area contributed by atoms with E-state index in [4.69, 9.17) is 0 Å². The van der Waals surface area contributed by atoms with Crippen LogP contribution < -0.4 is 5.32 Å². The van der Waals surface area contributed by atoms with E-state index in [1.165, 1.54) is 0 Å². The molecule has 2 N–H and O–H groups in total. The van der Waals surface area contributed by atoms with Crippen LogP contribution in [0.25, 0.3) is 5.69 Å². The van der Waals surface area contributed by atoms with Crippen LogP contribution in [0.5, 0.6) is 0 Å². The predicted molar refractivity (Wildman–Crippen MR) is 74.2 cm³/mol. The number of para-hydroxylation sites is 1. The Hall–Kier alpha value is -1.79. The first-order chi connectivity index (χ1) is 9.59. The molecule has 0 spiro atoms. The van der Waals surface area contributed by atoms with Gasteiger partial charge in [0.25, 0.3) is 0 Å². The molecule has 2 atom stereocenters. The molecule has 6 nitrogen and oxygen atoms in total. The highest BCUT2D eigenvalue weighted by Gasteiger charge is 2.46. The van der Waals surface area contributed by atoms with Crippen molar-refractivity contribution in [3.05, 3.63) is 36.2 Å². The molecule has 2 aromatic rings. The van der Waals surface area contributed by atoms with Gasteiger partial charge in [0.2, 0.25) is 0 Å². The summed E-state index contributed by atoms with van der Waals surface area (Å²) in [6.07, 6.45) is 0.546. The Balaban J connectivity index is 1.70. The summed E-state index contributed by atoms with van der Waals surface area (Å²) in [5.41, 5.74) is 0.854. The molecule has 20 heavy (non-hydrogen) atoms. The number of benzene rings is 1. The van der Waals surface area contributed by atoms with E-state index in [2.05, 4.69) is 34.7 Å². The van der Waals surface area contributed by atoms with Gasteiger partial charge in [-0.25, -0.2) is 0 Å². The Morgan fingerprint density at radius 3 is 2.75 bits per heavy atom. The number of rotatable bonds is 4. The highest BCUT2D eigenvalue weighted by molar-refractivity contribution is 5.30. The topological polar surface area (TPSA) is 75.9 Å². The molecule has 0 aliphatic heterocycles. The molecular weight excluding hydrogens is 254 g/mol. The van der Waals surface area contributed by atoms with Crippen molar-refractivity contribution in [3.63, 3.8) is 0 Å².